The minimum atomic E-state index is 0.244. The standard InChI is InChI=1S/C16H20N2O2/c1-12(13-7-9-17-10-8-13)18-11-14-5-4-6-15(19-2)16(14)20-3/h4-10,12,18H,11H2,1-3H3. The molecule has 0 spiro atoms. The highest BCUT2D eigenvalue weighted by Crippen LogP contribution is 2.30. The van der Waals surface area contributed by atoms with Gasteiger partial charge in [-0.1, -0.05) is 12.1 Å². The summed E-state index contributed by atoms with van der Waals surface area (Å²) in [6.07, 6.45) is 3.61. The quantitative estimate of drug-likeness (QED) is 0.878. The van der Waals surface area contributed by atoms with Crippen molar-refractivity contribution in [2.75, 3.05) is 14.2 Å². The minimum Gasteiger partial charge on any atom is -0.493 e. The molecule has 1 atom stereocenters. The van der Waals surface area contributed by atoms with Crippen LogP contribution in [0.5, 0.6) is 11.5 Å². The summed E-state index contributed by atoms with van der Waals surface area (Å²) in [5, 5.41) is 3.48. The van der Waals surface area contributed by atoms with Gasteiger partial charge in [-0.25, -0.2) is 0 Å². The maximum Gasteiger partial charge on any atom is 0.165 e. The van der Waals surface area contributed by atoms with Crippen molar-refractivity contribution < 1.29 is 9.47 Å². The van der Waals surface area contributed by atoms with Crippen LogP contribution in [-0.4, -0.2) is 19.2 Å². The van der Waals surface area contributed by atoms with E-state index in [1.807, 2.05) is 30.3 Å². The summed E-state index contributed by atoms with van der Waals surface area (Å²) in [7, 11) is 3.31. The Balaban J connectivity index is 2.07. The van der Waals surface area contributed by atoms with Crippen molar-refractivity contribution in [2.45, 2.75) is 19.5 Å². The zero-order chi connectivity index (χ0) is 14.4. The van der Waals surface area contributed by atoms with E-state index in [1.54, 1.807) is 26.6 Å². The van der Waals surface area contributed by atoms with Crippen LogP contribution in [0.1, 0.15) is 24.1 Å². The van der Waals surface area contributed by atoms with Crippen LogP contribution >= 0.6 is 0 Å². The lowest BCUT2D eigenvalue weighted by molar-refractivity contribution is 0.350. The van der Waals surface area contributed by atoms with Gasteiger partial charge in [0.25, 0.3) is 0 Å². The average Bonchev–Trinajstić information content (AvgIpc) is 2.52. The van der Waals surface area contributed by atoms with Crippen LogP contribution in [0, 0.1) is 0 Å². The maximum atomic E-state index is 5.43. The predicted octanol–water partition coefficient (Wildman–Crippen LogP) is 2.95. The van der Waals surface area contributed by atoms with Crippen LogP contribution in [0.25, 0.3) is 0 Å². The Bertz CT molecular complexity index is 543. The number of hydrogen-bond donors (Lipinski definition) is 1. The van der Waals surface area contributed by atoms with Gasteiger partial charge in [-0.05, 0) is 30.7 Å². The molecule has 20 heavy (non-hydrogen) atoms. The van der Waals surface area contributed by atoms with Gasteiger partial charge in [0, 0.05) is 30.5 Å². The number of nitrogens with zero attached hydrogens (tertiary/aromatic N) is 1. The number of methoxy groups -OCH3 is 2. The van der Waals surface area contributed by atoms with Gasteiger partial charge in [0.05, 0.1) is 14.2 Å². The molecule has 0 radical (unpaired) electrons. The van der Waals surface area contributed by atoms with Crippen molar-refractivity contribution >= 4 is 0 Å². The second kappa shape index (κ2) is 6.91. The van der Waals surface area contributed by atoms with Gasteiger partial charge in [-0.3, -0.25) is 4.98 Å². The van der Waals surface area contributed by atoms with E-state index in [1.165, 1.54) is 5.56 Å². The fourth-order valence-corrected chi connectivity index (χ4v) is 2.13. The molecule has 0 aliphatic carbocycles. The second-order valence-electron chi connectivity index (χ2n) is 4.54. The number of para-hydroxylation sites is 1. The van der Waals surface area contributed by atoms with Gasteiger partial charge in [0.1, 0.15) is 0 Å². The van der Waals surface area contributed by atoms with Crippen molar-refractivity contribution in [1.82, 2.24) is 10.3 Å². The summed E-state index contributed by atoms with van der Waals surface area (Å²) in [6, 6.07) is 10.2. The van der Waals surface area contributed by atoms with E-state index in [-0.39, 0.29) is 6.04 Å². The zero-order valence-electron chi connectivity index (χ0n) is 12.1. The summed E-state index contributed by atoms with van der Waals surface area (Å²) in [5.74, 6) is 1.53. The molecule has 0 amide bonds. The number of hydrogen-bond acceptors (Lipinski definition) is 4. The van der Waals surface area contributed by atoms with E-state index >= 15 is 0 Å². The van der Waals surface area contributed by atoms with Crippen LogP contribution in [0.3, 0.4) is 0 Å². The summed E-state index contributed by atoms with van der Waals surface area (Å²) >= 11 is 0. The van der Waals surface area contributed by atoms with Gasteiger partial charge >= 0.3 is 0 Å². The molecular weight excluding hydrogens is 252 g/mol. The number of pyridine rings is 1. The Morgan fingerprint density at radius 3 is 2.50 bits per heavy atom. The first kappa shape index (κ1) is 14.3. The molecule has 1 aromatic heterocycles. The largest absolute Gasteiger partial charge is 0.493 e. The van der Waals surface area contributed by atoms with Gasteiger partial charge in [-0.2, -0.15) is 0 Å². The van der Waals surface area contributed by atoms with Crippen molar-refractivity contribution in [2.24, 2.45) is 0 Å². The van der Waals surface area contributed by atoms with Gasteiger partial charge in [0.15, 0.2) is 11.5 Å². The molecule has 0 aliphatic rings. The third-order valence-electron chi connectivity index (χ3n) is 3.29. The van der Waals surface area contributed by atoms with Gasteiger partial charge in [-0.15, -0.1) is 0 Å². The van der Waals surface area contributed by atoms with Crippen molar-refractivity contribution in [3.05, 3.63) is 53.9 Å². The monoisotopic (exact) mass is 272 g/mol. The Hall–Kier alpha value is -2.07. The molecule has 0 saturated heterocycles. The zero-order valence-corrected chi connectivity index (χ0v) is 12.1. The van der Waals surface area contributed by atoms with E-state index in [9.17, 15) is 0 Å². The summed E-state index contributed by atoms with van der Waals surface area (Å²) < 4.78 is 10.7. The minimum absolute atomic E-state index is 0.244. The lowest BCUT2D eigenvalue weighted by Gasteiger charge is -2.17. The molecule has 0 saturated carbocycles. The predicted molar refractivity (Wildman–Crippen MR) is 79.0 cm³/mol. The molecule has 1 unspecified atom stereocenters. The molecule has 4 nitrogen and oxygen atoms in total. The average molecular weight is 272 g/mol. The van der Waals surface area contributed by atoms with E-state index in [4.69, 9.17) is 9.47 Å². The molecule has 1 aromatic carbocycles. The Morgan fingerprint density at radius 2 is 1.85 bits per heavy atom. The third-order valence-corrected chi connectivity index (χ3v) is 3.29. The first-order chi connectivity index (χ1) is 9.76. The smallest absolute Gasteiger partial charge is 0.165 e. The molecule has 1 heterocycles. The molecule has 4 heteroatoms. The summed E-state index contributed by atoms with van der Waals surface area (Å²) in [5.41, 5.74) is 2.29. The number of rotatable bonds is 6. The van der Waals surface area contributed by atoms with Gasteiger partial charge < -0.3 is 14.8 Å². The SMILES string of the molecule is COc1cccc(CNC(C)c2ccncc2)c1OC. The topological polar surface area (TPSA) is 43.4 Å². The fraction of sp³-hybridized carbons (Fsp3) is 0.312. The third kappa shape index (κ3) is 3.27. The van der Waals surface area contributed by atoms with Crippen LogP contribution in [0.4, 0.5) is 0 Å². The number of nitrogens with one attached hydrogen (secondary N) is 1. The maximum absolute atomic E-state index is 5.43. The summed E-state index contributed by atoms with van der Waals surface area (Å²) in [6.45, 7) is 2.84. The van der Waals surface area contributed by atoms with Crippen LogP contribution in [0.2, 0.25) is 0 Å². The second-order valence-corrected chi connectivity index (χ2v) is 4.54. The lowest BCUT2D eigenvalue weighted by atomic mass is 10.1. The molecule has 0 aliphatic heterocycles. The number of aromatic nitrogens is 1. The Kier molecular flexibility index (Phi) is 4.96. The first-order valence-electron chi connectivity index (χ1n) is 6.59. The summed E-state index contributed by atoms with van der Waals surface area (Å²) in [4.78, 5) is 4.03. The molecule has 2 aromatic rings. The highest BCUT2D eigenvalue weighted by atomic mass is 16.5. The normalized spacial score (nSPS) is 11.9. The van der Waals surface area contributed by atoms with E-state index in [0.29, 0.717) is 6.54 Å². The van der Waals surface area contributed by atoms with Crippen molar-refractivity contribution in [3.63, 3.8) is 0 Å². The molecule has 0 bridgehead atoms. The van der Waals surface area contributed by atoms with Crippen molar-refractivity contribution in [3.8, 4) is 11.5 Å². The van der Waals surface area contributed by atoms with Crippen LogP contribution in [-0.2, 0) is 6.54 Å². The Labute approximate surface area is 119 Å². The molecule has 1 N–H and O–H groups in total. The lowest BCUT2D eigenvalue weighted by Crippen LogP contribution is -2.18. The molecule has 2 rings (SSSR count). The number of ether oxygens (including phenoxy) is 2. The van der Waals surface area contributed by atoms with Crippen LogP contribution < -0.4 is 14.8 Å². The molecule has 106 valence electrons. The molecular formula is C16H20N2O2. The van der Waals surface area contributed by atoms with Crippen molar-refractivity contribution in [1.29, 1.82) is 0 Å². The molecule has 0 fully saturated rings. The highest BCUT2D eigenvalue weighted by Gasteiger charge is 2.11. The Morgan fingerprint density at radius 1 is 1.10 bits per heavy atom. The van der Waals surface area contributed by atoms with Crippen LogP contribution in [0.15, 0.2) is 42.7 Å². The van der Waals surface area contributed by atoms with Gasteiger partial charge in [0.2, 0.25) is 0 Å². The van der Waals surface area contributed by atoms with E-state index < -0.39 is 0 Å². The number of benzene rings is 1. The first-order valence-corrected chi connectivity index (χ1v) is 6.59. The highest BCUT2D eigenvalue weighted by molar-refractivity contribution is 5.46. The van der Waals surface area contributed by atoms with E-state index in [0.717, 1.165) is 17.1 Å². The van der Waals surface area contributed by atoms with E-state index in [2.05, 4.69) is 17.2 Å². The fourth-order valence-electron chi connectivity index (χ4n) is 2.13.